The molecule has 2 aliphatic rings. The van der Waals surface area contributed by atoms with E-state index in [1.54, 1.807) is 6.07 Å². The van der Waals surface area contributed by atoms with Crippen molar-refractivity contribution in [1.29, 1.82) is 0 Å². The summed E-state index contributed by atoms with van der Waals surface area (Å²) in [4.78, 5) is 12.5. The maximum Gasteiger partial charge on any atom is 0.255 e. The molecule has 2 heterocycles. The molecule has 0 saturated carbocycles. The molecule has 2 aromatic carbocycles. The number of nitrogens with one attached hydrogen (secondary N) is 3. The molecule has 2 aromatic rings. The summed E-state index contributed by atoms with van der Waals surface area (Å²) in [6, 6.07) is 6.21. The summed E-state index contributed by atoms with van der Waals surface area (Å²) >= 11 is 0. The lowest BCUT2D eigenvalue weighted by Crippen LogP contribution is -2.20. The Morgan fingerprint density at radius 2 is 1.43 bits per heavy atom. The van der Waals surface area contributed by atoms with Crippen LogP contribution in [-0.2, 0) is 0 Å². The van der Waals surface area contributed by atoms with Gasteiger partial charge in [-0.1, -0.05) is 18.2 Å². The van der Waals surface area contributed by atoms with Crippen LogP contribution in [0.4, 0.5) is 18.9 Å². The van der Waals surface area contributed by atoms with Gasteiger partial charge in [-0.05, 0) is 55.3 Å². The van der Waals surface area contributed by atoms with Crippen molar-refractivity contribution in [3.8, 4) is 0 Å². The summed E-state index contributed by atoms with van der Waals surface area (Å²) in [6.45, 7) is 2.73. The average molecular weight is 413 g/mol. The summed E-state index contributed by atoms with van der Waals surface area (Å²) in [5, 5.41) is 8.62. The number of halogens is 3. The molecule has 7 heteroatoms. The fourth-order valence-electron chi connectivity index (χ4n) is 3.73. The van der Waals surface area contributed by atoms with Gasteiger partial charge in [0.2, 0.25) is 0 Å². The van der Waals surface area contributed by atoms with E-state index in [1.807, 2.05) is 12.2 Å². The van der Waals surface area contributed by atoms with E-state index in [1.165, 1.54) is 6.07 Å². The predicted octanol–water partition coefficient (Wildman–Crippen LogP) is 4.11. The quantitative estimate of drug-likeness (QED) is 0.707. The molecule has 0 unspecified atom stereocenters. The smallest absolute Gasteiger partial charge is 0.255 e. The first-order chi connectivity index (χ1) is 14.5. The van der Waals surface area contributed by atoms with Gasteiger partial charge in [0.25, 0.3) is 5.91 Å². The third-order valence-corrected chi connectivity index (χ3v) is 5.36. The zero-order valence-electron chi connectivity index (χ0n) is 16.3. The molecule has 0 atom stereocenters. The molecule has 156 valence electrons. The van der Waals surface area contributed by atoms with Gasteiger partial charge in [-0.15, -0.1) is 0 Å². The fourth-order valence-corrected chi connectivity index (χ4v) is 3.73. The molecule has 0 fully saturated rings. The minimum Gasteiger partial charge on any atom is -0.319 e. The van der Waals surface area contributed by atoms with Crippen LogP contribution < -0.4 is 16.0 Å². The molecular formula is C23H22F3N3O. The molecule has 3 N–H and O–H groups in total. The Hall–Kier alpha value is -2.90. The molecular weight excluding hydrogens is 391 g/mol. The van der Waals surface area contributed by atoms with Crippen molar-refractivity contribution in [1.82, 2.24) is 10.6 Å². The molecule has 4 nitrogen and oxygen atoms in total. The van der Waals surface area contributed by atoms with Crippen molar-refractivity contribution in [3.63, 3.8) is 0 Å². The molecule has 0 saturated heterocycles. The van der Waals surface area contributed by atoms with Crippen LogP contribution >= 0.6 is 0 Å². The van der Waals surface area contributed by atoms with E-state index in [0.717, 1.165) is 35.9 Å². The highest BCUT2D eigenvalue weighted by atomic mass is 19.1. The predicted molar refractivity (Wildman–Crippen MR) is 112 cm³/mol. The van der Waals surface area contributed by atoms with Crippen molar-refractivity contribution in [3.05, 3.63) is 76.6 Å². The van der Waals surface area contributed by atoms with Gasteiger partial charge >= 0.3 is 0 Å². The first-order valence-corrected chi connectivity index (χ1v) is 9.93. The highest BCUT2D eigenvalue weighted by Crippen LogP contribution is 2.28. The van der Waals surface area contributed by atoms with Crippen LogP contribution in [0, 0.1) is 17.5 Å². The first-order valence-electron chi connectivity index (χ1n) is 9.93. The summed E-state index contributed by atoms with van der Waals surface area (Å²) in [7, 11) is 0. The Kier molecular flexibility index (Phi) is 6.01. The Balaban J connectivity index is 1.54. The lowest BCUT2D eigenvalue weighted by atomic mass is 9.98. The van der Waals surface area contributed by atoms with Crippen molar-refractivity contribution in [2.75, 3.05) is 31.5 Å². The van der Waals surface area contributed by atoms with Crippen LogP contribution in [-0.4, -0.2) is 32.1 Å². The molecule has 2 aliphatic heterocycles. The molecule has 4 rings (SSSR count). The van der Waals surface area contributed by atoms with Crippen LogP contribution in [0.5, 0.6) is 0 Å². The van der Waals surface area contributed by atoms with Gasteiger partial charge in [-0.2, -0.15) is 0 Å². The van der Waals surface area contributed by atoms with Gasteiger partial charge in [0.15, 0.2) is 0 Å². The lowest BCUT2D eigenvalue weighted by Gasteiger charge is -2.16. The topological polar surface area (TPSA) is 53.2 Å². The van der Waals surface area contributed by atoms with Gasteiger partial charge in [-0.25, -0.2) is 13.2 Å². The van der Waals surface area contributed by atoms with Crippen LogP contribution in [0.25, 0.3) is 11.1 Å². The maximum absolute atomic E-state index is 14.5. The zero-order valence-corrected chi connectivity index (χ0v) is 16.3. The molecule has 0 aliphatic carbocycles. The molecule has 1 amide bonds. The van der Waals surface area contributed by atoms with Crippen LogP contribution in [0.2, 0.25) is 0 Å². The van der Waals surface area contributed by atoms with Gasteiger partial charge in [-0.3, -0.25) is 4.79 Å². The van der Waals surface area contributed by atoms with E-state index < -0.39 is 23.4 Å². The Labute approximate surface area is 172 Å². The third-order valence-electron chi connectivity index (χ3n) is 5.36. The fraction of sp³-hybridized carbons (Fsp3) is 0.261. The SMILES string of the molecule is O=C(Nc1cc(F)c(C2=CCNCC2)cc1F)c1ccc(C2=CCNCC2)c(F)c1. The number of benzene rings is 2. The number of hydrogen-bond acceptors (Lipinski definition) is 3. The van der Waals surface area contributed by atoms with Crippen molar-refractivity contribution in [2.45, 2.75) is 12.8 Å². The second-order valence-electron chi connectivity index (χ2n) is 7.33. The van der Waals surface area contributed by atoms with E-state index in [4.69, 9.17) is 0 Å². The summed E-state index contributed by atoms with van der Waals surface area (Å²) in [6.07, 6.45) is 5.03. The molecule has 30 heavy (non-hydrogen) atoms. The largest absolute Gasteiger partial charge is 0.319 e. The van der Waals surface area contributed by atoms with Gasteiger partial charge in [0.1, 0.15) is 17.5 Å². The number of rotatable bonds is 4. The van der Waals surface area contributed by atoms with Crippen LogP contribution in [0.3, 0.4) is 0 Å². The minimum absolute atomic E-state index is 0.0377. The first kappa shape index (κ1) is 20.4. The zero-order chi connectivity index (χ0) is 21.1. The van der Waals surface area contributed by atoms with Gasteiger partial charge in [0.05, 0.1) is 5.69 Å². The van der Waals surface area contributed by atoms with E-state index >= 15 is 0 Å². The summed E-state index contributed by atoms with van der Waals surface area (Å²) in [5.41, 5.74) is 2.02. The average Bonchev–Trinajstić information content (AvgIpc) is 2.77. The van der Waals surface area contributed by atoms with Gasteiger partial charge in [0, 0.05) is 35.8 Å². The number of carbonyl (C=O) groups excluding carboxylic acids is 1. The normalized spacial score (nSPS) is 16.6. The highest BCUT2D eigenvalue weighted by Gasteiger charge is 2.18. The van der Waals surface area contributed by atoms with E-state index in [-0.39, 0.29) is 16.8 Å². The molecule has 0 spiro atoms. The monoisotopic (exact) mass is 413 g/mol. The number of anilines is 1. The van der Waals surface area contributed by atoms with E-state index in [9.17, 15) is 18.0 Å². The van der Waals surface area contributed by atoms with Crippen molar-refractivity contribution < 1.29 is 18.0 Å². The van der Waals surface area contributed by atoms with E-state index in [2.05, 4.69) is 16.0 Å². The number of carbonyl (C=O) groups is 1. The number of hydrogen-bond donors (Lipinski definition) is 3. The second kappa shape index (κ2) is 8.85. The lowest BCUT2D eigenvalue weighted by molar-refractivity contribution is 0.102. The van der Waals surface area contributed by atoms with Crippen LogP contribution in [0.1, 0.15) is 34.3 Å². The van der Waals surface area contributed by atoms with Gasteiger partial charge < -0.3 is 16.0 Å². The Morgan fingerprint density at radius 1 is 0.800 bits per heavy atom. The maximum atomic E-state index is 14.5. The highest BCUT2D eigenvalue weighted by molar-refractivity contribution is 6.04. The number of amides is 1. The minimum atomic E-state index is -0.740. The summed E-state index contributed by atoms with van der Waals surface area (Å²) in [5.74, 6) is -2.57. The second-order valence-corrected chi connectivity index (χ2v) is 7.33. The molecule has 0 radical (unpaired) electrons. The third kappa shape index (κ3) is 4.32. The summed E-state index contributed by atoms with van der Waals surface area (Å²) < 4.78 is 43.6. The standard InChI is InChI=1S/C23H22F3N3O/c24-19-11-16(1-2-17(19)14-3-7-27-8-4-14)23(30)29-22-13-20(25)18(12-21(22)26)15-5-9-28-10-6-15/h1-3,5,11-13,27-28H,4,6-10H2,(H,29,30). The molecule has 0 bridgehead atoms. The van der Waals surface area contributed by atoms with Crippen LogP contribution in [0.15, 0.2) is 42.5 Å². The van der Waals surface area contributed by atoms with Crippen molar-refractivity contribution >= 4 is 22.7 Å². The Morgan fingerprint density at radius 3 is 2.03 bits per heavy atom. The Bertz CT molecular complexity index is 1050. The van der Waals surface area contributed by atoms with Crippen molar-refractivity contribution in [2.24, 2.45) is 0 Å². The molecule has 0 aromatic heterocycles. The van der Waals surface area contributed by atoms with E-state index in [0.29, 0.717) is 38.0 Å².